The van der Waals surface area contributed by atoms with Crippen molar-refractivity contribution >= 4 is 5.78 Å². The van der Waals surface area contributed by atoms with Crippen LogP contribution in [0.4, 0.5) is 0 Å². The van der Waals surface area contributed by atoms with Gasteiger partial charge in [0.2, 0.25) is 0 Å². The van der Waals surface area contributed by atoms with Gasteiger partial charge in [0, 0.05) is 16.5 Å². The summed E-state index contributed by atoms with van der Waals surface area (Å²) in [5.74, 6) is 7.38. The van der Waals surface area contributed by atoms with Crippen LogP contribution in [0.5, 0.6) is 0 Å². The molecule has 0 saturated heterocycles. The molecular formula is C28H38O. The zero-order valence-electron chi connectivity index (χ0n) is 19.4. The van der Waals surface area contributed by atoms with E-state index in [4.69, 9.17) is 0 Å². The Balaban J connectivity index is 1.92. The van der Waals surface area contributed by atoms with Gasteiger partial charge in [-0.05, 0) is 62.0 Å². The first-order valence-corrected chi connectivity index (χ1v) is 11.5. The molecule has 29 heavy (non-hydrogen) atoms. The summed E-state index contributed by atoms with van der Waals surface area (Å²) in [5, 5.41) is 0. The third-order valence-electron chi connectivity index (χ3n) is 7.43. The molecule has 2 aliphatic rings. The van der Waals surface area contributed by atoms with Crippen LogP contribution >= 0.6 is 0 Å². The zero-order valence-corrected chi connectivity index (χ0v) is 19.4. The van der Waals surface area contributed by atoms with E-state index in [9.17, 15) is 4.79 Å². The Morgan fingerprint density at radius 3 is 1.97 bits per heavy atom. The minimum absolute atomic E-state index is 0.0813. The summed E-state index contributed by atoms with van der Waals surface area (Å²) >= 11 is 0. The van der Waals surface area contributed by atoms with Gasteiger partial charge in [-0.15, -0.1) is 0 Å². The maximum Gasteiger partial charge on any atom is 0.159 e. The monoisotopic (exact) mass is 390 g/mol. The Morgan fingerprint density at radius 1 is 0.931 bits per heavy atom. The molecule has 0 spiro atoms. The summed E-state index contributed by atoms with van der Waals surface area (Å²) in [5.41, 5.74) is 5.88. The summed E-state index contributed by atoms with van der Waals surface area (Å²) in [7, 11) is 0. The highest BCUT2D eigenvalue weighted by Gasteiger charge is 2.48. The lowest BCUT2D eigenvalue weighted by molar-refractivity contribution is 0.101. The second kappa shape index (κ2) is 8.14. The average molecular weight is 391 g/mol. The Hall–Kier alpha value is -1.81. The predicted octanol–water partition coefficient (Wildman–Crippen LogP) is 7.74. The van der Waals surface area contributed by atoms with E-state index in [0.29, 0.717) is 10.8 Å². The number of hydrogen-bond acceptors (Lipinski definition) is 1. The maximum atomic E-state index is 11.5. The minimum Gasteiger partial charge on any atom is -0.295 e. The molecule has 0 heterocycles. The van der Waals surface area contributed by atoms with Crippen LogP contribution in [-0.4, -0.2) is 5.78 Å². The van der Waals surface area contributed by atoms with Crippen molar-refractivity contribution in [3.05, 3.63) is 46.5 Å². The molecule has 0 aromatic heterocycles. The Kier molecular flexibility index (Phi) is 6.14. The van der Waals surface area contributed by atoms with Gasteiger partial charge >= 0.3 is 0 Å². The minimum atomic E-state index is 0.0813. The van der Waals surface area contributed by atoms with Crippen LogP contribution in [0, 0.1) is 28.1 Å². The van der Waals surface area contributed by atoms with Crippen molar-refractivity contribution in [3.63, 3.8) is 0 Å². The topological polar surface area (TPSA) is 17.1 Å². The fraction of sp³-hybridized carbons (Fsp3) is 0.607. The van der Waals surface area contributed by atoms with Gasteiger partial charge in [-0.2, -0.15) is 0 Å². The molecule has 1 nitrogen and oxygen atoms in total. The average Bonchev–Trinajstić information content (AvgIpc) is 3.07. The summed E-state index contributed by atoms with van der Waals surface area (Å²) in [6.45, 7) is 13.6. The highest BCUT2D eigenvalue weighted by Crippen LogP contribution is 2.60. The molecule has 1 heteroatoms. The van der Waals surface area contributed by atoms with E-state index in [2.05, 4.69) is 46.5 Å². The standard InChI is InChI=1S/C28H38O/c1-7-8-9-15-28(16-14-22-10-12-23(13-11-22)21(2)29)19-24-25(20-28)27(5,6)18-17-26(24,3)4/h10-13H,7-9,15,17-20H2,1-6H3. The first-order chi connectivity index (χ1) is 13.6. The van der Waals surface area contributed by atoms with E-state index < -0.39 is 0 Å². The van der Waals surface area contributed by atoms with E-state index in [1.165, 1.54) is 38.5 Å². The van der Waals surface area contributed by atoms with Crippen molar-refractivity contribution in [2.24, 2.45) is 16.2 Å². The van der Waals surface area contributed by atoms with Crippen LogP contribution in [0.2, 0.25) is 0 Å². The SMILES string of the molecule is CCCCCC1(C#Cc2ccc(C(C)=O)cc2)CC2=C(C1)C(C)(C)CCC2(C)C. The van der Waals surface area contributed by atoms with Gasteiger partial charge in [0.15, 0.2) is 5.78 Å². The Labute approximate surface area is 178 Å². The molecular weight excluding hydrogens is 352 g/mol. The number of rotatable bonds is 5. The summed E-state index contributed by atoms with van der Waals surface area (Å²) in [4.78, 5) is 11.5. The predicted molar refractivity (Wildman–Crippen MR) is 123 cm³/mol. The molecule has 156 valence electrons. The molecule has 1 aromatic rings. The molecule has 0 amide bonds. The maximum absolute atomic E-state index is 11.5. The first kappa shape index (κ1) is 21.9. The van der Waals surface area contributed by atoms with E-state index in [1.54, 1.807) is 18.1 Å². The molecule has 3 rings (SSSR count). The van der Waals surface area contributed by atoms with Crippen LogP contribution in [0.25, 0.3) is 0 Å². The van der Waals surface area contributed by atoms with Gasteiger partial charge < -0.3 is 0 Å². The van der Waals surface area contributed by atoms with E-state index in [0.717, 1.165) is 24.0 Å². The van der Waals surface area contributed by atoms with Gasteiger partial charge in [0.25, 0.3) is 0 Å². The molecule has 0 unspecified atom stereocenters. The molecule has 0 fully saturated rings. The van der Waals surface area contributed by atoms with Gasteiger partial charge in [-0.25, -0.2) is 0 Å². The van der Waals surface area contributed by atoms with Crippen molar-refractivity contribution < 1.29 is 4.79 Å². The number of carbonyl (C=O) groups is 1. The third-order valence-corrected chi connectivity index (χ3v) is 7.43. The molecule has 0 saturated carbocycles. The van der Waals surface area contributed by atoms with Crippen molar-refractivity contribution in [1.82, 2.24) is 0 Å². The quantitative estimate of drug-likeness (QED) is 0.217. The molecule has 0 atom stereocenters. The summed E-state index contributed by atoms with van der Waals surface area (Å²) < 4.78 is 0. The van der Waals surface area contributed by atoms with Crippen LogP contribution in [0.15, 0.2) is 35.4 Å². The number of Topliss-reactive ketones (excluding diaryl/α,β-unsaturated/α-hetero) is 1. The molecule has 0 radical (unpaired) electrons. The van der Waals surface area contributed by atoms with Gasteiger partial charge in [0.05, 0.1) is 0 Å². The summed E-state index contributed by atoms with van der Waals surface area (Å²) in [6.07, 6.45) is 9.83. The number of hydrogen-bond donors (Lipinski definition) is 0. The second-order valence-electron chi connectivity index (χ2n) is 10.7. The van der Waals surface area contributed by atoms with Gasteiger partial charge in [0.1, 0.15) is 0 Å². The van der Waals surface area contributed by atoms with E-state index in [1.807, 2.05) is 24.3 Å². The van der Waals surface area contributed by atoms with Crippen molar-refractivity contribution in [2.45, 2.75) is 92.9 Å². The third kappa shape index (κ3) is 4.69. The van der Waals surface area contributed by atoms with Crippen molar-refractivity contribution in [1.29, 1.82) is 0 Å². The molecule has 0 N–H and O–H groups in total. The second-order valence-corrected chi connectivity index (χ2v) is 10.7. The highest BCUT2D eigenvalue weighted by atomic mass is 16.1. The number of benzene rings is 1. The van der Waals surface area contributed by atoms with Crippen molar-refractivity contribution in [2.75, 3.05) is 0 Å². The number of unbranched alkanes of at least 4 members (excludes halogenated alkanes) is 2. The molecule has 0 bridgehead atoms. The largest absolute Gasteiger partial charge is 0.295 e. The number of carbonyl (C=O) groups excluding carboxylic acids is 1. The lowest BCUT2D eigenvalue weighted by Gasteiger charge is -2.41. The number of ketones is 1. The van der Waals surface area contributed by atoms with Crippen LogP contribution in [0.1, 0.15) is 109 Å². The number of allylic oxidation sites excluding steroid dienone is 2. The molecule has 1 aromatic carbocycles. The Morgan fingerprint density at radius 2 is 1.48 bits per heavy atom. The van der Waals surface area contributed by atoms with E-state index in [-0.39, 0.29) is 11.2 Å². The van der Waals surface area contributed by atoms with Crippen LogP contribution in [0.3, 0.4) is 0 Å². The first-order valence-electron chi connectivity index (χ1n) is 11.5. The zero-order chi connectivity index (χ0) is 21.3. The van der Waals surface area contributed by atoms with Crippen LogP contribution in [-0.2, 0) is 0 Å². The highest BCUT2D eigenvalue weighted by molar-refractivity contribution is 5.94. The lowest BCUT2D eigenvalue weighted by Crippen LogP contribution is -2.28. The smallest absolute Gasteiger partial charge is 0.159 e. The fourth-order valence-corrected chi connectivity index (χ4v) is 5.21. The van der Waals surface area contributed by atoms with Crippen molar-refractivity contribution in [3.8, 4) is 11.8 Å². The lowest BCUT2D eigenvalue weighted by atomic mass is 9.64. The summed E-state index contributed by atoms with van der Waals surface area (Å²) in [6, 6.07) is 7.81. The molecule has 0 aliphatic heterocycles. The normalized spacial score (nSPS) is 21.3. The van der Waals surface area contributed by atoms with Gasteiger partial charge in [-0.1, -0.05) is 89.0 Å². The molecule has 2 aliphatic carbocycles. The Bertz CT molecular complexity index is 824. The van der Waals surface area contributed by atoms with Gasteiger partial charge in [-0.3, -0.25) is 4.79 Å². The van der Waals surface area contributed by atoms with Crippen LogP contribution < -0.4 is 0 Å². The van der Waals surface area contributed by atoms with E-state index >= 15 is 0 Å². The fourth-order valence-electron chi connectivity index (χ4n) is 5.21.